The summed E-state index contributed by atoms with van der Waals surface area (Å²) in [5.74, 6) is -0.305. The molecular formula is C8H12N2O2S. The van der Waals surface area contributed by atoms with Crippen molar-refractivity contribution in [3.63, 3.8) is 0 Å². The van der Waals surface area contributed by atoms with Gasteiger partial charge < -0.3 is 10.5 Å². The van der Waals surface area contributed by atoms with E-state index in [2.05, 4.69) is 9.72 Å². The first kappa shape index (κ1) is 10.1. The number of methoxy groups -OCH3 is 1. The molecule has 1 unspecified atom stereocenters. The van der Waals surface area contributed by atoms with Crippen molar-refractivity contribution < 1.29 is 9.53 Å². The Morgan fingerprint density at radius 2 is 2.54 bits per heavy atom. The number of carbonyl (C=O) groups is 1. The zero-order valence-corrected chi connectivity index (χ0v) is 8.43. The van der Waals surface area contributed by atoms with Gasteiger partial charge in [-0.2, -0.15) is 0 Å². The molecule has 0 aliphatic carbocycles. The van der Waals surface area contributed by atoms with Crippen molar-refractivity contribution in [2.75, 3.05) is 7.11 Å². The lowest BCUT2D eigenvalue weighted by Gasteiger charge is -2.05. The molecule has 4 nitrogen and oxygen atoms in total. The third kappa shape index (κ3) is 2.78. The number of esters is 1. The van der Waals surface area contributed by atoms with Crippen molar-refractivity contribution in [3.8, 4) is 0 Å². The van der Waals surface area contributed by atoms with Gasteiger partial charge in [0.25, 0.3) is 0 Å². The molecule has 2 N–H and O–H groups in total. The zero-order valence-electron chi connectivity index (χ0n) is 7.61. The number of rotatable bonds is 3. The fourth-order valence-electron chi connectivity index (χ4n) is 0.893. The minimum absolute atomic E-state index is 0.184. The highest BCUT2D eigenvalue weighted by molar-refractivity contribution is 7.09. The lowest BCUT2D eigenvalue weighted by atomic mass is 10.2. The number of nitrogens with two attached hydrogens (primary N) is 1. The van der Waals surface area contributed by atoms with Gasteiger partial charge in [-0.3, -0.25) is 4.79 Å². The molecular weight excluding hydrogens is 188 g/mol. The number of thiazole rings is 1. The van der Waals surface area contributed by atoms with Crippen LogP contribution in [0.4, 0.5) is 0 Å². The van der Waals surface area contributed by atoms with E-state index < -0.39 is 0 Å². The van der Waals surface area contributed by atoms with Crippen LogP contribution < -0.4 is 5.73 Å². The predicted molar refractivity (Wildman–Crippen MR) is 50.4 cm³/mol. The third-order valence-electron chi connectivity index (χ3n) is 1.57. The normalized spacial score (nSPS) is 12.5. The van der Waals surface area contributed by atoms with Gasteiger partial charge in [-0.15, -0.1) is 11.3 Å². The van der Waals surface area contributed by atoms with E-state index in [4.69, 9.17) is 5.73 Å². The predicted octanol–water partition coefficient (Wildman–Crippen LogP) is 1.01. The van der Waals surface area contributed by atoms with Crippen LogP contribution in [0.2, 0.25) is 0 Å². The molecule has 1 aromatic heterocycles. The first-order valence-corrected chi connectivity index (χ1v) is 4.76. The van der Waals surface area contributed by atoms with Gasteiger partial charge >= 0.3 is 5.97 Å². The van der Waals surface area contributed by atoms with E-state index in [0.717, 1.165) is 10.7 Å². The van der Waals surface area contributed by atoms with Crippen LogP contribution in [0.15, 0.2) is 5.38 Å². The second-order valence-corrected chi connectivity index (χ2v) is 3.60. The molecule has 72 valence electrons. The Kier molecular flexibility index (Phi) is 3.39. The van der Waals surface area contributed by atoms with Crippen LogP contribution >= 0.6 is 11.3 Å². The number of hydrogen-bond acceptors (Lipinski definition) is 5. The van der Waals surface area contributed by atoms with Crippen LogP contribution in [0.25, 0.3) is 0 Å². The van der Waals surface area contributed by atoms with E-state index >= 15 is 0 Å². The van der Waals surface area contributed by atoms with Crippen molar-refractivity contribution in [2.24, 2.45) is 5.73 Å². The number of carbonyl (C=O) groups excluding carboxylic acids is 1. The molecule has 0 spiro atoms. The van der Waals surface area contributed by atoms with Gasteiger partial charge in [0.15, 0.2) is 0 Å². The van der Waals surface area contributed by atoms with Crippen LogP contribution in [-0.4, -0.2) is 18.1 Å². The maximum Gasteiger partial charge on any atom is 0.307 e. The molecule has 0 fully saturated rings. The monoisotopic (exact) mass is 200 g/mol. The van der Waals surface area contributed by atoms with E-state index in [1.807, 2.05) is 12.3 Å². The summed E-state index contributed by atoms with van der Waals surface area (Å²) in [7, 11) is 1.35. The lowest BCUT2D eigenvalue weighted by molar-refractivity contribution is -0.141. The van der Waals surface area contributed by atoms with Gasteiger partial charge in [0.05, 0.1) is 19.6 Å². The van der Waals surface area contributed by atoms with Crippen LogP contribution in [-0.2, 0) is 9.53 Å². The van der Waals surface area contributed by atoms with E-state index in [1.54, 1.807) is 0 Å². The van der Waals surface area contributed by atoms with Gasteiger partial charge in [0.2, 0.25) is 0 Å². The quantitative estimate of drug-likeness (QED) is 0.740. The van der Waals surface area contributed by atoms with E-state index in [0.29, 0.717) is 0 Å². The smallest absolute Gasteiger partial charge is 0.307 e. The molecule has 0 saturated heterocycles. The lowest BCUT2D eigenvalue weighted by Crippen LogP contribution is -2.16. The highest BCUT2D eigenvalue weighted by Crippen LogP contribution is 2.18. The number of aromatic nitrogens is 1. The highest BCUT2D eigenvalue weighted by Gasteiger charge is 2.14. The number of nitrogens with zero attached hydrogens (tertiary/aromatic N) is 1. The fourth-order valence-corrected chi connectivity index (χ4v) is 1.69. The number of ether oxygens (including phenoxy) is 1. The molecule has 1 heterocycles. The minimum atomic E-state index is -0.342. The summed E-state index contributed by atoms with van der Waals surface area (Å²) in [6.45, 7) is 1.89. The third-order valence-corrected chi connectivity index (χ3v) is 2.66. The molecule has 5 heteroatoms. The Morgan fingerprint density at radius 1 is 1.85 bits per heavy atom. The summed E-state index contributed by atoms with van der Waals surface area (Å²) in [4.78, 5) is 15.1. The van der Waals surface area contributed by atoms with E-state index in [1.165, 1.54) is 18.4 Å². The highest BCUT2D eigenvalue weighted by atomic mass is 32.1. The van der Waals surface area contributed by atoms with Crippen molar-refractivity contribution in [3.05, 3.63) is 16.1 Å². The Hall–Kier alpha value is -0.940. The van der Waals surface area contributed by atoms with Gasteiger partial charge in [-0.1, -0.05) is 0 Å². The minimum Gasteiger partial charge on any atom is -0.469 e. The second-order valence-electron chi connectivity index (χ2n) is 2.71. The molecule has 1 atom stereocenters. The molecule has 0 aromatic carbocycles. The molecule has 0 aliphatic rings. The van der Waals surface area contributed by atoms with E-state index in [9.17, 15) is 4.79 Å². The molecule has 0 bridgehead atoms. The second kappa shape index (κ2) is 4.34. The molecule has 0 aliphatic heterocycles. The molecule has 0 radical (unpaired) electrons. The first-order chi connectivity index (χ1) is 6.13. The fraction of sp³-hybridized carbons (Fsp3) is 0.500. The molecule has 1 rings (SSSR count). The van der Waals surface area contributed by atoms with Crippen LogP contribution in [0.3, 0.4) is 0 Å². The Balaban J connectivity index is 2.58. The molecule has 0 amide bonds. The van der Waals surface area contributed by atoms with E-state index in [-0.39, 0.29) is 18.4 Å². The standard InChI is InChI=1S/C8H12N2O2S/c1-5-4-13-8(10-5)6(9)3-7(11)12-2/h4,6H,3,9H2,1-2H3. The zero-order chi connectivity index (χ0) is 9.84. The van der Waals surface area contributed by atoms with Crippen molar-refractivity contribution in [1.29, 1.82) is 0 Å². The van der Waals surface area contributed by atoms with Crippen LogP contribution in [0.1, 0.15) is 23.2 Å². The number of hydrogen-bond donors (Lipinski definition) is 1. The van der Waals surface area contributed by atoms with Gasteiger partial charge in [-0.25, -0.2) is 4.98 Å². The maximum absolute atomic E-state index is 10.9. The van der Waals surface area contributed by atoms with Gasteiger partial charge in [0.1, 0.15) is 5.01 Å². The summed E-state index contributed by atoms with van der Waals surface area (Å²) in [5.41, 5.74) is 6.66. The average molecular weight is 200 g/mol. The number of aryl methyl sites for hydroxylation is 1. The van der Waals surface area contributed by atoms with Crippen molar-refractivity contribution in [2.45, 2.75) is 19.4 Å². The average Bonchev–Trinajstić information content (AvgIpc) is 2.51. The summed E-state index contributed by atoms with van der Waals surface area (Å²) >= 11 is 1.47. The molecule has 13 heavy (non-hydrogen) atoms. The Bertz CT molecular complexity index is 298. The SMILES string of the molecule is COC(=O)CC(N)c1nc(C)cs1. The Labute approximate surface area is 80.7 Å². The Morgan fingerprint density at radius 3 is 3.00 bits per heavy atom. The topological polar surface area (TPSA) is 65.2 Å². The van der Waals surface area contributed by atoms with Crippen molar-refractivity contribution in [1.82, 2.24) is 4.98 Å². The maximum atomic E-state index is 10.9. The summed E-state index contributed by atoms with van der Waals surface area (Å²) in [5, 5.41) is 2.69. The summed E-state index contributed by atoms with van der Waals surface area (Å²) in [6, 6.07) is -0.342. The first-order valence-electron chi connectivity index (χ1n) is 3.88. The summed E-state index contributed by atoms with van der Waals surface area (Å²) in [6.07, 6.45) is 0.184. The largest absolute Gasteiger partial charge is 0.469 e. The molecule has 0 saturated carbocycles. The summed E-state index contributed by atoms with van der Waals surface area (Å²) < 4.78 is 4.51. The molecule has 1 aromatic rings. The van der Waals surface area contributed by atoms with Gasteiger partial charge in [0, 0.05) is 11.1 Å². The van der Waals surface area contributed by atoms with Crippen LogP contribution in [0, 0.1) is 6.92 Å². The van der Waals surface area contributed by atoms with Crippen LogP contribution in [0.5, 0.6) is 0 Å². The van der Waals surface area contributed by atoms with Gasteiger partial charge in [-0.05, 0) is 6.92 Å². The van der Waals surface area contributed by atoms with Crippen molar-refractivity contribution >= 4 is 17.3 Å².